The van der Waals surface area contributed by atoms with Crippen molar-refractivity contribution in [2.45, 2.75) is 38.1 Å². The highest BCUT2D eigenvalue weighted by molar-refractivity contribution is 4.80. The highest BCUT2D eigenvalue weighted by Gasteiger charge is 2.24. The molecule has 0 amide bonds. The molecule has 0 spiro atoms. The van der Waals surface area contributed by atoms with E-state index in [1.54, 1.807) is 0 Å². The third-order valence-electron chi connectivity index (χ3n) is 3.78. The molecule has 1 saturated heterocycles. The first kappa shape index (κ1) is 11.4. The molecular weight excluding hydrogens is 188 g/mol. The molecule has 1 saturated carbocycles. The molecular formula is C12H24N2O. The molecule has 2 unspecified atom stereocenters. The molecule has 0 aromatic carbocycles. The molecule has 88 valence electrons. The summed E-state index contributed by atoms with van der Waals surface area (Å²) < 4.78 is 5.47. The van der Waals surface area contributed by atoms with E-state index >= 15 is 0 Å². The van der Waals surface area contributed by atoms with E-state index in [1.807, 2.05) is 0 Å². The van der Waals surface area contributed by atoms with Gasteiger partial charge in [-0.1, -0.05) is 12.8 Å². The molecule has 1 aliphatic heterocycles. The fourth-order valence-electron chi connectivity index (χ4n) is 2.77. The van der Waals surface area contributed by atoms with Crippen molar-refractivity contribution in [3.63, 3.8) is 0 Å². The van der Waals surface area contributed by atoms with Gasteiger partial charge in [0.05, 0.1) is 6.61 Å². The van der Waals surface area contributed by atoms with Gasteiger partial charge in [-0.3, -0.25) is 0 Å². The van der Waals surface area contributed by atoms with Gasteiger partial charge in [-0.25, -0.2) is 0 Å². The zero-order valence-corrected chi connectivity index (χ0v) is 9.66. The Labute approximate surface area is 93.0 Å². The maximum absolute atomic E-state index is 6.18. The van der Waals surface area contributed by atoms with E-state index in [0.29, 0.717) is 6.04 Å². The van der Waals surface area contributed by atoms with Crippen LogP contribution in [0.15, 0.2) is 0 Å². The molecule has 0 aromatic rings. The Morgan fingerprint density at radius 2 is 1.93 bits per heavy atom. The molecule has 2 aliphatic rings. The van der Waals surface area contributed by atoms with Crippen LogP contribution in [0, 0.1) is 5.92 Å². The van der Waals surface area contributed by atoms with E-state index in [2.05, 4.69) is 4.90 Å². The number of ether oxygens (including phenoxy) is 1. The summed E-state index contributed by atoms with van der Waals surface area (Å²) in [6.45, 7) is 5.34. The van der Waals surface area contributed by atoms with E-state index in [-0.39, 0.29) is 0 Å². The van der Waals surface area contributed by atoms with E-state index in [4.69, 9.17) is 10.5 Å². The van der Waals surface area contributed by atoms with Gasteiger partial charge in [0.2, 0.25) is 0 Å². The first-order valence-electron chi connectivity index (χ1n) is 6.42. The van der Waals surface area contributed by atoms with Crippen molar-refractivity contribution in [1.82, 2.24) is 4.90 Å². The highest BCUT2D eigenvalue weighted by Crippen LogP contribution is 2.24. The second kappa shape index (κ2) is 5.83. The molecule has 2 fully saturated rings. The molecule has 0 bridgehead atoms. The van der Waals surface area contributed by atoms with Gasteiger partial charge in [-0.2, -0.15) is 0 Å². The number of hydrogen-bond acceptors (Lipinski definition) is 3. The van der Waals surface area contributed by atoms with Crippen LogP contribution >= 0.6 is 0 Å². The number of rotatable bonds is 2. The van der Waals surface area contributed by atoms with Crippen LogP contribution < -0.4 is 5.73 Å². The van der Waals surface area contributed by atoms with Crippen LogP contribution in [0.2, 0.25) is 0 Å². The largest absolute Gasteiger partial charge is 0.380 e. The van der Waals surface area contributed by atoms with Gasteiger partial charge >= 0.3 is 0 Å². The lowest BCUT2D eigenvalue weighted by Crippen LogP contribution is -2.42. The van der Waals surface area contributed by atoms with Crippen molar-refractivity contribution < 1.29 is 4.74 Å². The van der Waals surface area contributed by atoms with Crippen LogP contribution in [-0.2, 0) is 4.74 Å². The first-order chi connectivity index (χ1) is 7.36. The van der Waals surface area contributed by atoms with Crippen LogP contribution in [0.5, 0.6) is 0 Å². The van der Waals surface area contributed by atoms with Crippen LogP contribution in [0.4, 0.5) is 0 Å². The quantitative estimate of drug-likeness (QED) is 0.748. The second-order valence-electron chi connectivity index (χ2n) is 4.97. The Bertz CT molecular complexity index is 178. The smallest absolute Gasteiger partial charge is 0.0593 e. The summed E-state index contributed by atoms with van der Waals surface area (Å²) in [5, 5.41) is 0. The van der Waals surface area contributed by atoms with Crippen molar-refractivity contribution in [3.8, 4) is 0 Å². The van der Waals surface area contributed by atoms with Gasteiger partial charge in [-0.05, 0) is 25.2 Å². The lowest BCUT2D eigenvalue weighted by atomic mass is 9.84. The van der Waals surface area contributed by atoms with E-state index in [0.717, 1.165) is 25.7 Å². The molecule has 3 heteroatoms. The topological polar surface area (TPSA) is 38.5 Å². The third-order valence-corrected chi connectivity index (χ3v) is 3.78. The fraction of sp³-hybridized carbons (Fsp3) is 1.00. The number of nitrogens with two attached hydrogens (primary N) is 1. The van der Waals surface area contributed by atoms with Crippen molar-refractivity contribution in [1.29, 1.82) is 0 Å². The molecule has 2 N–H and O–H groups in total. The summed E-state index contributed by atoms with van der Waals surface area (Å²) in [5.74, 6) is 0.733. The summed E-state index contributed by atoms with van der Waals surface area (Å²) in [4.78, 5) is 2.54. The van der Waals surface area contributed by atoms with Crippen molar-refractivity contribution >= 4 is 0 Å². The van der Waals surface area contributed by atoms with Crippen LogP contribution in [0.3, 0.4) is 0 Å². The molecule has 0 radical (unpaired) electrons. The van der Waals surface area contributed by atoms with E-state index in [1.165, 1.54) is 45.2 Å². The Hall–Kier alpha value is -0.120. The molecule has 1 heterocycles. The summed E-state index contributed by atoms with van der Waals surface area (Å²) in [6, 6.07) is 0.447. The minimum absolute atomic E-state index is 0.447. The van der Waals surface area contributed by atoms with Crippen molar-refractivity contribution in [2.24, 2.45) is 11.7 Å². The maximum Gasteiger partial charge on any atom is 0.0593 e. The summed E-state index contributed by atoms with van der Waals surface area (Å²) in [5.41, 5.74) is 6.18. The average molecular weight is 212 g/mol. The monoisotopic (exact) mass is 212 g/mol. The summed E-state index contributed by atoms with van der Waals surface area (Å²) in [7, 11) is 0. The predicted octanol–water partition coefficient (Wildman–Crippen LogP) is 1.23. The molecule has 1 aliphatic carbocycles. The average Bonchev–Trinajstić information content (AvgIpc) is 2.50. The van der Waals surface area contributed by atoms with Gasteiger partial charge < -0.3 is 15.4 Å². The maximum atomic E-state index is 6.18. The Kier molecular flexibility index (Phi) is 4.42. The highest BCUT2D eigenvalue weighted by atomic mass is 16.5. The number of nitrogens with zero attached hydrogens (tertiary/aromatic N) is 1. The summed E-state index contributed by atoms with van der Waals surface area (Å²) in [6.07, 6.45) is 6.46. The Balaban J connectivity index is 1.78. The lowest BCUT2D eigenvalue weighted by Gasteiger charge is -2.33. The van der Waals surface area contributed by atoms with Crippen LogP contribution in [0.1, 0.15) is 32.1 Å². The van der Waals surface area contributed by atoms with Crippen molar-refractivity contribution in [3.05, 3.63) is 0 Å². The molecule has 15 heavy (non-hydrogen) atoms. The zero-order chi connectivity index (χ0) is 10.5. The van der Waals surface area contributed by atoms with Gasteiger partial charge in [0, 0.05) is 32.3 Å². The Morgan fingerprint density at radius 3 is 2.80 bits per heavy atom. The number of hydrogen-bond donors (Lipinski definition) is 1. The fourth-order valence-corrected chi connectivity index (χ4v) is 2.77. The lowest BCUT2D eigenvalue weighted by molar-refractivity contribution is 0.133. The van der Waals surface area contributed by atoms with Crippen molar-refractivity contribution in [2.75, 3.05) is 32.8 Å². The third kappa shape index (κ3) is 3.44. The van der Waals surface area contributed by atoms with Gasteiger partial charge in [0.1, 0.15) is 0 Å². The Morgan fingerprint density at radius 1 is 1.07 bits per heavy atom. The molecule has 0 aromatic heterocycles. The zero-order valence-electron chi connectivity index (χ0n) is 9.66. The van der Waals surface area contributed by atoms with Gasteiger partial charge in [0.15, 0.2) is 0 Å². The SMILES string of the molecule is NC1CCCCC1CN1CCCOCC1. The second-order valence-corrected chi connectivity index (χ2v) is 4.97. The van der Waals surface area contributed by atoms with Crippen LogP contribution in [-0.4, -0.2) is 43.8 Å². The minimum atomic E-state index is 0.447. The van der Waals surface area contributed by atoms with Gasteiger partial charge in [-0.15, -0.1) is 0 Å². The van der Waals surface area contributed by atoms with E-state index in [9.17, 15) is 0 Å². The molecule has 3 nitrogen and oxygen atoms in total. The summed E-state index contributed by atoms with van der Waals surface area (Å²) >= 11 is 0. The van der Waals surface area contributed by atoms with Gasteiger partial charge in [0.25, 0.3) is 0 Å². The molecule has 2 rings (SSSR count). The minimum Gasteiger partial charge on any atom is -0.380 e. The van der Waals surface area contributed by atoms with Crippen LogP contribution in [0.25, 0.3) is 0 Å². The molecule has 2 atom stereocenters. The predicted molar refractivity (Wildman–Crippen MR) is 61.8 cm³/mol. The standard InChI is InChI=1S/C12H24N2O/c13-12-5-2-1-4-11(12)10-14-6-3-8-15-9-7-14/h11-12H,1-10,13H2. The normalized spacial score (nSPS) is 35.0. The first-order valence-corrected chi connectivity index (χ1v) is 6.42. The van der Waals surface area contributed by atoms with E-state index < -0.39 is 0 Å².